The van der Waals surface area contributed by atoms with E-state index in [1.807, 2.05) is 0 Å². The third-order valence-corrected chi connectivity index (χ3v) is 10.3. The molecule has 0 atom stereocenters. The predicted octanol–water partition coefficient (Wildman–Crippen LogP) is 7.65. The highest BCUT2D eigenvalue weighted by atomic mass is 35.5. The minimum atomic E-state index is -4.90. The van der Waals surface area contributed by atoms with Crippen LogP contribution in [-0.4, -0.2) is 39.9 Å². The van der Waals surface area contributed by atoms with Gasteiger partial charge in [-0.15, -0.1) is 24.5 Å². The van der Waals surface area contributed by atoms with Gasteiger partial charge in [-0.25, -0.2) is 4.98 Å². The number of carbonyl (C=O) groups excluding carboxylic acids is 1. The summed E-state index contributed by atoms with van der Waals surface area (Å²) in [5.74, 6) is -0.752. The van der Waals surface area contributed by atoms with Crippen LogP contribution in [0.25, 0.3) is 10.1 Å². The van der Waals surface area contributed by atoms with Gasteiger partial charge in [0.05, 0.1) is 24.8 Å². The Balaban J connectivity index is 1.64. The topological polar surface area (TPSA) is 104 Å². The second-order valence-electron chi connectivity index (χ2n) is 10.6. The van der Waals surface area contributed by atoms with Crippen molar-refractivity contribution in [3.8, 4) is 11.5 Å². The molecule has 0 aliphatic rings. The lowest BCUT2D eigenvalue weighted by molar-refractivity contribution is -0.274. The summed E-state index contributed by atoms with van der Waals surface area (Å²) < 4.78 is 77.2. The number of rotatable bonds is 9. The van der Waals surface area contributed by atoms with E-state index in [9.17, 15) is 26.4 Å². The number of carbonyl (C=O) groups is 1. The zero-order chi connectivity index (χ0) is 32.0. The fourth-order valence-electron chi connectivity index (χ4n) is 4.36. The molecule has 0 bridgehead atoms. The molecule has 4 rings (SSSR count). The van der Waals surface area contributed by atoms with E-state index in [0.717, 1.165) is 17.9 Å². The van der Waals surface area contributed by atoms with Crippen LogP contribution in [0.15, 0.2) is 54.6 Å². The number of halogens is 4. The first-order valence-electron chi connectivity index (χ1n) is 12.7. The van der Waals surface area contributed by atoms with Crippen LogP contribution in [0.5, 0.6) is 11.5 Å². The van der Waals surface area contributed by atoms with Crippen LogP contribution in [0.2, 0.25) is 5.15 Å². The maximum Gasteiger partial charge on any atom is 0.573 e. The van der Waals surface area contributed by atoms with Crippen molar-refractivity contribution in [2.45, 2.75) is 44.2 Å². The number of nitrogens with one attached hydrogen (secondary N) is 1. The molecule has 0 saturated carbocycles. The largest absolute Gasteiger partial charge is 0.573 e. The second kappa shape index (κ2) is 11.6. The number of alkyl halides is 3. The fourth-order valence-corrected chi connectivity index (χ4v) is 6.33. The SMILES string of the molecule is COc1cc(OC(F)(F)F)cc(C(C)(C)c2cc(NC(=O)c3cc4cc(C(C)(C)S(=O)(=O)OC)ccc4s3)cc(Cl)n2)c1. The summed E-state index contributed by atoms with van der Waals surface area (Å²) >= 11 is 7.52. The summed E-state index contributed by atoms with van der Waals surface area (Å²) in [6.45, 7) is 6.54. The number of hydrogen-bond donors (Lipinski definition) is 1. The monoisotopic (exact) mass is 656 g/mol. The van der Waals surface area contributed by atoms with Gasteiger partial charge in [-0.05, 0) is 72.8 Å². The molecule has 0 unspecified atom stereocenters. The van der Waals surface area contributed by atoms with Crippen LogP contribution in [0.1, 0.15) is 54.2 Å². The Morgan fingerprint density at radius 1 is 0.930 bits per heavy atom. The minimum Gasteiger partial charge on any atom is -0.497 e. The third-order valence-electron chi connectivity index (χ3n) is 7.04. The summed E-state index contributed by atoms with van der Waals surface area (Å²) in [6, 6.07) is 13.7. The zero-order valence-corrected chi connectivity index (χ0v) is 26.3. The van der Waals surface area contributed by atoms with Crippen LogP contribution in [0.4, 0.5) is 18.9 Å². The van der Waals surface area contributed by atoms with Crippen molar-refractivity contribution in [1.82, 2.24) is 4.98 Å². The highest BCUT2D eigenvalue weighted by Gasteiger charge is 2.37. The molecule has 1 N–H and O–H groups in total. The average molecular weight is 657 g/mol. The van der Waals surface area contributed by atoms with Crippen LogP contribution in [-0.2, 0) is 24.5 Å². The molecule has 4 aromatic rings. The van der Waals surface area contributed by atoms with Crippen LogP contribution >= 0.6 is 22.9 Å². The average Bonchev–Trinajstić information content (AvgIpc) is 3.35. The summed E-state index contributed by atoms with van der Waals surface area (Å²) in [7, 11) is -1.45. The lowest BCUT2D eigenvalue weighted by Gasteiger charge is -2.27. The molecule has 0 aliphatic carbocycles. The Hall–Kier alpha value is -3.39. The van der Waals surface area contributed by atoms with Crippen molar-refractivity contribution in [2.24, 2.45) is 0 Å². The highest BCUT2D eigenvalue weighted by Crippen LogP contribution is 2.39. The molecule has 43 heavy (non-hydrogen) atoms. The number of fused-ring (bicyclic) bond motifs is 1. The molecule has 2 heterocycles. The number of benzene rings is 2. The smallest absolute Gasteiger partial charge is 0.497 e. The predicted molar refractivity (Wildman–Crippen MR) is 160 cm³/mol. The first kappa shape index (κ1) is 32.5. The maximum absolute atomic E-state index is 13.3. The summed E-state index contributed by atoms with van der Waals surface area (Å²) in [6.07, 6.45) is -4.90. The van der Waals surface area contributed by atoms with E-state index in [0.29, 0.717) is 32.8 Å². The number of ether oxygens (including phenoxy) is 2. The number of amides is 1. The number of hydrogen-bond acceptors (Lipinski definition) is 8. The van der Waals surface area contributed by atoms with E-state index in [-0.39, 0.29) is 10.9 Å². The number of pyridine rings is 1. The number of methoxy groups -OCH3 is 1. The van der Waals surface area contributed by atoms with Gasteiger partial charge < -0.3 is 14.8 Å². The molecular weight excluding hydrogens is 629 g/mol. The molecular formula is C29H28ClF3N2O6S2. The minimum absolute atomic E-state index is 0.0538. The van der Waals surface area contributed by atoms with Gasteiger partial charge in [0.2, 0.25) is 0 Å². The zero-order valence-electron chi connectivity index (χ0n) is 23.9. The summed E-state index contributed by atoms with van der Waals surface area (Å²) in [5.41, 5.74) is 0.585. The Labute approximate surface area is 255 Å². The standard InChI is InChI=1S/C29H28ClF3N2O6S2/c1-27(2,18-11-20(39-5)15-21(12-18)41-29(31,32)33)24-13-19(14-25(30)35-24)34-26(36)23-10-16-9-17(7-8-22(16)42-23)28(3,4)43(37,38)40-6/h7-15H,1-6H3,(H,34,35,36). The molecule has 230 valence electrons. The van der Waals surface area contributed by atoms with E-state index >= 15 is 0 Å². The Morgan fingerprint density at radius 3 is 2.23 bits per heavy atom. The van der Waals surface area contributed by atoms with Gasteiger partial charge in [0.25, 0.3) is 16.0 Å². The van der Waals surface area contributed by atoms with Crippen LogP contribution in [0, 0.1) is 0 Å². The first-order valence-corrected chi connectivity index (χ1v) is 15.3. The first-order chi connectivity index (χ1) is 19.9. The molecule has 2 aromatic carbocycles. The van der Waals surface area contributed by atoms with Gasteiger partial charge in [-0.2, -0.15) is 8.42 Å². The highest BCUT2D eigenvalue weighted by molar-refractivity contribution is 7.87. The van der Waals surface area contributed by atoms with Crippen LogP contribution in [0.3, 0.4) is 0 Å². The molecule has 14 heteroatoms. The van der Waals surface area contributed by atoms with Crippen LogP contribution < -0.4 is 14.8 Å². The van der Waals surface area contributed by atoms with E-state index in [2.05, 4.69) is 15.0 Å². The van der Waals surface area contributed by atoms with Gasteiger partial charge in [0, 0.05) is 21.9 Å². The fraction of sp³-hybridized carbons (Fsp3) is 0.310. The van der Waals surface area contributed by atoms with Gasteiger partial charge >= 0.3 is 6.36 Å². The lowest BCUT2D eigenvalue weighted by atomic mass is 9.81. The number of nitrogens with zero attached hydrogens (tertiary/aromatic N) is 1. The number of thiophene rings is 1. The number of anilines is 1. The molecule has 2 aromatic heterocycles. The normalized spacial score (nSPS) is 12.8. The Kier molecular flexibility index (Phi) is 8.77. The van der Waals surface area contributed by atoms with Gasteiger partial charge in [0.15, 0.2) is 0 Å². The molecule has 0 radical (unpaired) electrons. The third kappa shape index (κ3) is 6.90. The van der Waals surface area contributed by atoms with E-state index in [4.69, 9.17) is 20.5 Å². The quantitative estimate of drug-likeness (QED) is 0.146. The maximum atomic E-state index is 13.3. The van der Waals surface area contributed by atoms with Crippen molar-refractivity contribution < 1.29 is 40.0 Å². The summed E-state index contributed by atoms with van der Waals surface area (Å²) in [4.78, 5) is 18.0. The summed E-state index contributed by atoms with van der Waals surface area (Å²) in [5, 5.41) is 3.53. The van der Waals surface area contributed by atoms with Crippen molar-refractivity contribution in [2.75, 3.05) is 19.5 Å². The lowest BCUT2D eigenvalue weighted by Crippen LogP contribution is -2.30. The van der Waals surface area contributed by atoms with Crippen molar-refractivity contribution >= 4 is 54.7 Å². The molecule has 0 fully saturated rings. The van der Waals surface area contributed by atoms with E-state index in [1.54, 1.807) is 50.2 Å². The van der Waals surface area contributed by atoms with Crippen molar-refractivity contribution in [3.05, 3.63) is 81.4 Å². The Bertz CT molecular complexity index is 1800. The molecule has 0 spiro atoms. The van der Waals surface area contributed by atoms with Gasteiger partial charge in [-0.1, -0.05) is 31.5 Å². The van der Waals surface area contributed by atoms with Crippen molar-refractivity contribution in [3.63, 3.8) is 0 Å². The van der Waals surface area contributed by atoms with Crippen molar-refractivity contribution in [1.29, 1.82) is 0 Å². The second-order valence-corrected chi connectivity index (χ2v) is 14.3. The molecule has 1 amide bonds. The van der Waals surface area contributed by atoms with E-state index in [1.165, 1.54) is 44.4 Å². The molecule has 8 nitrogen and oxygen atoms in total. The van der Waals surface area contributed by atoms with E-state index < -0.39 is 38.3 Å². The number of aromatic nitrogens is 1. The van der Waals surface area contributed by atoms with Gasteiger partial charge in [-0.3, -0.25) is 8.98 Å². The van der Waals surface area contributed by atoms with Gasteiger partial charge in [0.1, 0.15) is 21.4 Å². The molecule has 0 saturated heterocycles. The Morgan fingerprint density at radius 2 is 1.60 bits per heavy atom. The molecule has 0 aliphatic heterocycles.